The topological polar surface area (TPSA) is 97.5 Å². The van der Waals surface area contributed by atoms with E-state index in [1.807, 2.05) is 6.07 Å². The van der Waals surface area contributed by atoms with Crippen LogP contribution in [0, 0.1) is 28.1 Å². The summed E-state index contributed by atoms with van der Waals surface area (Å²) in [5, 5.41) is 26.4. The van der Waals surface area contributed by atoms with Crippen LogP contribution in [0.1, 0.15) is 18.7 Å². The zero-order valence-electron chi connectivity index (χ0n) is 13.3. The molecule has 3 rings (SSSR count). The molecule has 1 aromatic heterocycles. The number of allylic oxidation sites excluding steroid dienone is 7. The molecule has 0 saturated heterocycles. The molecule has 0 atom stereocenters. The van der Waals surface area contributed by atoms with Crippen LogP contribution in [0.15, 0.2) is 56.5 Å². The Kier molecular flexibility index (Phi) is 5.07. The number of hydrogen-bond donors (Lipinski definition) is 1. The second-order valence-corrected chi connectivity index (χ2v) is 6.27. The van der Waals surface area contributed by atoms with Gasteiger partial charge in [0, 0.05) is 10.1 Å². The van der Waals surface area contributed by atoms with Crippen molar-refractivity contribution in [1.82, 2.24) is 4.98 Å². The molecule has 0 bridgehead atoms. The second kappa shape index (κ2) is 7.44. The number of fused-ring (bicyclic) bond motifs is 1. The van der Waals surface area contributed by atoms with Crippen molar-refractivity contribution in [2.45, 2.75) is 12.8 Å². The van der Waals surface area contributed by atoms with Crippen molar-refractivity contribution in [3.8, 4) is 12.1 Å². The fraction of sp³-hybridized carbons (Fsp3) is 0.105. The number of benzene rings is 1. The highest BCUT2D eigenvalue weighted by atomic mass is 35.5. The van der Waals surface area contributed by atoms with Crippen molar-refractivity contribution >= 4 is 45.7 Å². The minimum atomic E-state index is 0.0970. The monoisotopic (exact) mass is 380 g/mol. The first-order valence-corrected chi connectivity index (χ1v) is 8.29. The Labute approximate surface area is 159 Å². The molecule has 2 aromatic rings. The van der Waals surface area contributed by atoms with E-state index in [-0.39, 0.29) is 17.0 Å². The number of rotatable bonds is 3. The Bertz CT molecular complexity index is 1130. The van der Waals surface area contributed by atoms with Crippen molar-refractivity contribution in [1.29, 1.82) is 15.9 Å². The average molecular weight is 381 g/mol. The van der Waals surface area contributed by atoms with Crippen molar-refractivity contribution in [3.05, 3.63) is 63.0 Å². The molecule has 126 valence electrons. The number of halogens is 2. The van der Waals surface area contributed by atoms with Gasteiger partial charge in [0.2, 0.25) is 5.89 Å². The van der Waals surface area contributed by atoms with Crippen LogP contribution in [0.5, 0.6) is 0 Å². The summed E-state index contributed by atoms with van der Waals surface area (Å²) in [4.78, 5) is 4.30. The first kappa shape index (κ1) is 17.7. The zero-order valence-corrected chi connectivity index (χ0v) is 14.8. The minimum absolute atomic E-state index is 0.0970. The van der Waals surface area contributed by atoms with Gasteiger partial charge in [-0.05, 0) is 60.2 Å². The number of oxazole rings is 1. The van der Waals surface area contributed by atoms with Crippen molar-refractivity contribution in [3.63, 3.8) is 0 Å². The van der Waals surface area contributed by atoms with Crippen LogP contribution >= 0.6 is 23.2 Å². The molecule has 26 heavy (non-hydrogen) atoms. The zero-order chi connectivity index (χ0) is 18.7. The number of hydrogen-bond acceptors (Lipinski definition) is 5. The Hall–Kier alpha value is -3.08. The van der Waals surface area contributed by atoms with Crippen LogP contribution in [0.4, 0.5) is 0 Å². The van der Waals surface area contributed by atoms with E-state index in [4.69, 9.17) is 38.3 Å². The van der Waals surface area contributed by atoms with E-state index in [0.717, 1.165) is 11.1 Å². The molecule has 1 aliphatic rings. The molecule has 5 nitrogen and oxygen atoms in total. The molecule has 0 unspecified atom stereocenters. The molecular weight excluding hydrogens is 371 g/mol. The van der Waals surface area contributed by atoms with Crippen LogP contribution in [0.2, 0.25) is 5.02 Å². The lowest BCUT2D eigenvalue weighted by Crippen LogP contribution is -1.84. The Morgan fingerprint density at radius 2 is 2.04 bits per heavy atom. The van der Waals surface area contributed by atoms with Crippen molar-refractivity contribution < 1.29 is 4.42 Å². The van der Waals surface area contributed by atoms with Crippen LogP contribution in [-0.2, 0) is 0 Å². The lowest BCUT2D eigenvalue weighted by Gasteiger charge is -1.97. The van der Waals surface area contributed by atoms with E-state index < -0.39 is 0 Å². The lowest BCUT2D eigenvalue weighted by atomic mass is 10.1. The van der Waals surface area contributed by atoms with Crippen LogP contribution in [-0.4, -0.2) is 10.9 Å². The fourth-order valence-corrected chi connectivity index (χ4v) is 3.03. The summed E-state index contributed by atoms with van der Waals surface area (Å²) in [7, 11) is 0. The lowest BCUT2D eigenvalue weighted by molar-refractivity contribution is 0.586. The molecule has 1 N–H and O–H groups in total. The van der Waals surface area contributed by atoms with E-state index in [0.29, 0.717) is 34.0 Å². The molecule has 0 aliphatic heterocycles. The highest BCUT2D eigenvalue weighted by molar-refractivity contribution is 6.33. The van der Waals surface area contributed by atoms with Gasteiger partial charge in [-0.1, -0.05) is 23.2 Å². The Morgan fingerprint density at radius 1 is 1.23 bits per heavy atom. The minimum Gasteiger partial charge on any atom is -0.435 e. The Morgan fingerprint density at radius 3 is 2.73 bits per heavy atom. The third-order valence-corrected chi connectivity index (χ3v) is 4.54. The second-order valence-electron chi connectivity index (χ2n) is 5.46. The molecule has 1 heterocycles. The summed E-state index contributed by atoms with van der Waals surface area (Å²) in [5.74, 6) is 2.25. The number of nitrogens with one attached hydrogen (secondary N) is 1. The summed E-state index contributed by atoms with van der Waals surface area (Å²) in [6, 6.07) is 8.99. The summed E-state index contributed by atoms with van der Waals surface area (Å²) in [6.45, 7) is 0. The predicted octanol–water partition coefficient (Wildman–Crippen LogP) is 5.30. The van der Waals surface area contributed by atoms with E-state index in [1.54, 1.807) is 24.3 Å². The SMILES string of the molecule is N#CC(=C=N)/C=C1/CCC(/C=C(/C#N)c2nc3cc(Cl)ccc3o2)=C1Cl. The largest absolute Gasteiger partial charge is 0.435 e. The van der Waals surface area contributed by atoms with Crippen LogP contribution < -0.4 is 0 Å². The van der Waals surface area contributed by atoms with Gasteiger partial charge in [-0.3, -0.25) is 5.41 Å². The summed E-state index contributed by atoms with van der Waals surface area (Å²) in [6.07, 6.45) is 4.39. The molecule has 0 amide bonds. The van der Waals surface area contributed by atoms with E-state index in [9.17, 15) is 5.26 Å². The van der Waals surface area contributed by atoms with Gasteiger partial charge in [0.05, 0.1) is 0 Å². The van der Waals surface area contributed by atoms with E-state index in [1.165, 1.54) is 6.08 Å². The summed E-state index contributed by atoms with van der Waals surface area (Å²) >= 11 is 12.3. The molecule has 0 radical (unpaired) electrons. The van der Waals surface area contributed by atoms with Crippen molar-refractivity contribution in [2.24, 2.45) is 0 Å². The number of nitriles is 2. The highest BCUT2D eigenvalue weighted by Gasteiger charge is 2.19. The predicted molar refractivity (Wildman–Crippen MR) is 99.7 cm³/mol. The summed E-state index contributed by atoms with van der Waals surface area (Å²) in [5.41, 5.74) is 2.92. The molecule has 1 aromatic carbocycles. The third-order valence-electron chi connectivity index (χ3n) is 3.82. The van der Waals surface area contributed by atoms with Gasteiger partial charge in [-0.2, -0.15) is 10.5 Å². The molecule has 1 aliphatic carbocycles. The van der Waals surface area contributed by atoms with Gasteiger partial charge < -0.3 is 4.42 Å². The normalized spacial score (nSPS) is 15.8. The van der Waals surface area contributed by atoms with Gasteiger partial charge in [0.1, 0.15) is 28.8 Å². The Balaban J connectivity index is 2.01. The van der Waals surface area contributed by atoms with Gasteiger partial charge in [0.25, 0.3) is 0 Å². The maximum absolute atomic E-state index is 9.49. The molecular formula is C19H10Cl2N4O. The van der Waals surface area contributed by atoms with Crippen LogP contribution in [0.25, 0.3) is 16.7 Å². The fourth-order valence-electron chi connectivity index (χ4n) is 2.57. The summed E-state index contributed by atoms with van der Waals surface area (Å²) < 4.78 is 5.62. The van der Waals surface area contributed by atoms with Gasteiger partial charge in [-0.15, -0.1) is 0 Å². The molecule has 0 saturated carbocycles. The van der Waals surface area contributed by atoms with E-state index in [2.05, 4.69) is 16.9 Å². The molecule has 7 heteroatoms. The number of nitrogens with zero attached hydrogens (tertiary/aromatic N) is 3. The highest BCUT2D eigenvalue weighted by Crippen LogP contribution is 2.37. The smallest absolute Gasteiger partial charge is 0.238 e. The van der Waals surface area contributed by atoms with Crippen LogP contribution in [0.3, 0.4) is 0 Å². The molecule has 0 fully saturated rings. The quantitative estimate of drug-likeness (QED) is 0.576. The first-order chi connectivity index (χ1) is 12.5. The first-order valence-electron chi connectivity index (χ1n) is 7.53. The standard InChI is InChI=1S/C19H10Cl2N4O/c20-15-3-4-17-16(7-15)25-19(26-17)14(10-24)6-13-2-1-12(18(13)21)5-11(8-22)9-23/h3-7,22H,1-2H2/b12-5-,14-6-. The van der Waals surface area contributed by atoms with Gasteiger partial charge in [0.15, 0.2) is 5.58 Å². The van der Waals surface area contributed by atoms with Gasteiger partial charge >= 0.3 is 0 Å². The van der Waals surface area contributed by atoms with E-state index >= 15 is 0 Å². The molecule has 0 spiro atoms. The van der Waals surface area contributed by atoms with Gasteiger partial charge in [-0.25, -0.2) is 4.98 Å². The maximum Gasteiger partial charge on any atom is 0.238 e. The van der Waals surface area contributed by atoms with Crippen molar-refractivity contribution in [2.75, 3.05) is 0 Å². The maximum atomic E-state index is 9.49. The third kappa shape index (κ3) is 3.47. The average Bonchev–Trinajstić information content (AvgIpc) is 3.21. The number of aromatic nitrogens is 1.